The molecule has 1 heterocycles. The number of aromatic nitrogens is 1. The summed E-state index contributed by atoms with van der Waals surface area (Å²) in [7, 11) is -3.36. The molecule has 2 rings (SSSR count). The van der Waals surface area contributed by atoms with Gasteiger partial charge < -0.3 is 4.98 Å². The van der Waals surface area contributed by atoms with Crippen LogP contribution in [-0.2, 0) is 20.7 Å². The van der Waals surface area contributed by atoms with Gasteiger partial charge in [0.1, 0.15) is 0 Å². The summed E-state index contributed by atoms with van der Waals surface area (Å²) >= 11 is 0. The van der Waals surface area contributed by atoms with Crippen LogP contribution in [0.1, 0.15) is 30.9 Å². The second kappa shape index (κ2) is 5.35. The lowest BCUT2D eigenvalue weighted by atomic mass is 10.00. The molecule has 1 aromatic carbocycles. The first-order valence-electron chi connectivity index (χ1n) is 6.31. The van der Waals surface area contributed by atoms with E-state index < -0.39 is 10.1 Å². The molecule has 0 bridgehead atoms. The predicted molar refractivity (Wildman–Crippen MR) is 76.9 cm³/mol. The van der Waals surface area contributed by atoms with E-state index >= 15 is 0 Å². The zero-order chi connectivity index (χ0) is 14.0. The van der Waals surface area contributed by atoms with E-state index in [1.165, 1.54) is 5.56 Å². The van der Waals surface area contributed by atoms with Gasteiger partial charge in [0.25, 0.3) is 10.1 Å². The quantitative estimate of drug-likeness (QED) is 0.857. The molecule has 19 heavy (non-hydrogen) atoms. The lowest BCUT2D eigenvalue weighted by Crippen LogP contribution is -2.05. The van der Waals surface area contributed by atoms with Gasteiger partial charge in [0, 0.05) is 17.1 Å². The zero-order valence-electron chi connectivity index (χ0n) is 11.4. The lowest BCUT2D eigenvalue weighted by molar-refractivity contribution is 0.326. The highest BCUT2D eigenvalue weighted by atomic mass is 32.2. The first-order chi connectivity index (χ1) is 8.87. The summed E-state index contributed by atoms with van der Waals surface area (Å²) in [5.41, 5.74) is 3.43. The fraction of sp³-hybridized carbons (Fsp3) is 0.429. The summed E-state index contributed by atoms with van der Waals surface area (Å²) in [6.07, 6.45) is 3.56. The van der Waals surface area contributed by atoms with Crippen molar-refractivity contribution in [2.24, 2.45) is 0 Å². The van der Waals surface area contributed by atoms with Crippen LogP contribution in [0.5, 0.6) is 0 Å². The second-order valence-electron chi connectivity index (χ2n) is 5.05. The smallest absolute Gasteiger partial charge is 0.264 e. The van der Waals surface area contributed by atoms with E-state index in [9.17, 15) is 8.42 Å². The molecule has 1 N–H and O–H groups in total. The van der Waals surface area contributed by atoms with Gasteiger partial charge >= 0.3 is 0 Å². The molecule has 0 amide bonds. The van der Waals surface area contributed by atoms with Gasteiger partial charge in [-0.1, -0.05) is 19.9 Å². The lowest BCUT2D eigenvalue weighted by Gasteiger charge is -2.06. The number of nitrogens with one attached hydrogen (secondary N) is 1. The van der Waals surface area contributed by atoms with Crippen LogP contribution < -0.4 is 0 Å². The van der Waals surface area contributed by atoms with Crippen LogP contribution in [0.2, 0.25) is 0 Å². The van der Waals surface area contributed by atoms with Gasteiger partial charge in [0.05, 0.1) is 12.9 Å². The van der Waals surface area contributed by atoms with Crippen molar-refractivity contribution in [3.8, 4) is 0 Å². The molecule has 4 nitrogen and oxygen atoms in total. The van der Waals surface area contributed by atoms with Crippen LogP contribution >= 0.6 is 0 Å². The molecule has 2 aromatic rings. The Morgan fingerprint density at radius 3 is 2.68 bits per heavy atom. The van der Waals surface area contributed by atoms with E-state index in [1.54, 1.807) is 0 Å². The van der Waals surface area contributed by atoms with Crippen molar-refractivity contribution in [1.29, 1.82) is 0 Å². The highest BCUT2D eigenvalue weighted by Gasteiger charge is 2.08. The maximum atomic E-state index is 10.9. The first-order valence-corrected chi connectivity index (χ1v) is 8.13. The number of hydrogen-bond donors (Lipinski definition) is 1. The summed E-state index contributed by atoms with van der Waals surface area (Å²) in [6, 6.07) is 6.33. The third-order valence-corrected chi connectivity index (χ3v) is 3.72. The number of aromatic amines is 1. The van der Waals surface area contributed by atoms with Crippen LogP contribution in [0.25, 0.3) is 10.9 Å². The van der Waals surface area contributed by atoms with Crippen LogP contribution in [0.3, 0.4) is 0 Å². The molecule has 0 radical (unpaired) electrons. The van der Waals surface area contributed by atoms with E-state index in [4.69, 9.17) is 4.18 Å². The number of hydrogen-bond acceptors (Lipinski definition) is 3. The highest BCUT2D eigenvalue weighted by Crippen LogP contribution is 2.24. The first kappa shape index (κ1) is 14.1. The number of fused-ring (bicyclic) bond motifs is 1. The van der Waals surface area contributed by atoms with Gasteiger partial charge in [-0.2, -0.15) is 8.42 Å². The molecule has 0 saturated carbocycles. The fourth-order valence-corrected chi connectivity index (χ4v) is 2.45. The molecule has 0 fully saturated rings. The minimum atomic E-state index is -3.36. The SMILES string of the molecule is CC(C)c1ccc2[nH]cc(CCOS(C)(=O)=O)c2c1. The van der Waals surface area contributed by atoms with E-state index in [0.29, 0.717) is 12.3 Å². The molecule has 0 spiro atoms. The maximum absolute atomic E-state index is 10.9. The van der Waals surface area contributed by atoms with Gasteiger partial charge in [-0.15, -0.1) is 0 Å². The summed E-state index contributed by atoms with van der Waals surface area (Å²) in [6.45, 7) is 4.48. The van der Waals surface area contributed by atoms with Crippen LogP contribution in [0.4, 0.5) is 0 Å². The van der Waals surface area contributed by atoms with E-state index in [-0.39, 0.29) is 6.61 Å². The topological polar surface area (TPSA) is 59.2 Å². The van der Waals surface area contributed by atoms with Gasteiger partial charge in [0.2, 0.25) is 0 Å². The van der Waals surface area contributed by atoms with Crippen molar-refractivity contribution < 1.29 is 12.6 Å². The van der Waals surface area contributed by atoms with Crippen molar-refractivity contribution >= 4 is 21.0 Å². The third-order valence-electron chi connectivity index (χ3n) is 3.13. The Hall–Kier alpha value is -1.33. The van der Waals surface area contributed by atoms with E-state index in [1.807, 2.05) is 6.20 Å². The highest BCUT2D eigenvalue weighted by molar-refractivity contribution is 7.85. The fourth-order valence-electron chi connectivity index (χ4n) is 2.06. The Balaban J connectivity index is 2.21. The summed E-state index contributed by atoms with van der Waals surface area (Å²) in [5.74, 6) is 0.472. The number of benzene rings is 1. The maximum Gasteiger partial charge on any atom is 0.264 e. The molecule has 0 saturated heterocycles. The van der Waals surface area contributed by atoms with Crippen LogP contribution in [-0.4, -0.2) is 26.3 Å². The molecule has 1 aromatic heterocycles. The van der Waals surface area contributed by atoms with Crippen molar-refractivity contribution in [2.45, 2.75) is 26.2 Å². The van der Waals surface area contributed by atoms with Gasteiger partial charge in [-0.25, -0.2) is 0 Å². The predicted octanol–water partition coefficient (Wildman–Crippen LogP) is 2.81. The normalized spacial score (nSPS) is 12.4. The molecule has 0 aliphatic heterocycles. The molecule has 5 heteroatoms. The van der Waals surface area contributed by atoms with Crippen molar-refractivity contribution in [2.75, 3.05) is 12.9 Å². The monoisotopic (exact) mass is 281 g/mol. The minimum Gasteiger partial charge on any atom is -0.361 e. The molecule has 104 valence electrons. The largest absolute Gasteiger partial charge is 0.361 e. The van der Waals surface area contributed by atoms with Crippen molar-refractivity contribution in [3.63, 3.8) is 0 Å². The summed E-state index contributed by atoms with van der Waals surface area (Å²) in [5, 5.41) is 1.14. The molecular weight excluding hydrogens is 262 g/mol. The zero-order valence-corrected chi connectivity index (χ0v) is 12.3. The summed E-state index contributed by atoms with van der Waals surface area (Å²) in [4.78, 5) is 3.20. The second-order valence-corrected chi connectivity index (χ2v) is 6.69. The van der Waals surface area contributed by atoms with E-state index in [0.717, 1.165) is 22.7 Å². The van der Waals surface area contributed by atoms with Gasteiger partial charge in [-0.3, -0.25) is 4.18 Å². The Morgan fingerprint density at radius 2 is 2.05 bits per heavy atom. The Bertz CT molecular complexity index is 671. The van der Waals surface area contributed by atoms with Crippen LogP contribution in [0.15, 0.2) is 24.4 Å². The van der Waals surface area contributed by atoms with Crippen LogP contribution in [0, 0.1) is 0 Å². The summed E-state index contributed by atoms with van der Waals surface area (Å²) < 4.78 is 26.7. The van der Waals surface area contributed by atoms with Gasteiger partial charge in [-0.05, 0) is 35.6 Å². The molecule has 0 unspecified atom stereocenters. The molecule has 0 aliphatic rings. The molecule has 0 atom stereocenters. The standard InChI is InChI=1S/C14H19NO3S/c1-10(2)11-4-5-14-13(8-11)12(9-15-14)6-7-18-19(3,16)17/h4-5,8-10,15H,6-7H2,1-3H3. The number of rotatable bonds is 5. The van der Waals surface area contributed by atoms with Gasteiger partial charge in [0.15, 0.2) is 0 Å². The Kier molecular flexibility index (Phi) is 3.96. The third kappa shape index (κ3) is 3.58. The van der Waals surface area contributed by atoms with Crippen molar-refractivity contribution in [1.82, 2.24) is 4.98 Å². The average molecular weight is 281 g/mol. The Labute approximate surface area is 113 Å². The minimum absolute atomic E-state index is 0.178. The molecular formula is C14H19NO3S. The van der Waals surface area contributed by atoms with Crippen molar-refractivity contribution in [3.05, 3.63) is 35.5 Å². The van der Waals surface area contributed by atoms with E-state index in [2.05, 4.69) is 37.0 Å². The average Bonchev–Trinajstić information content (AvgIpc) is 2.70. The number of H-pyrrole nitrogens is 1. The Morgan fingerprint density at radius 1 is 1.32 bits per heavy atom. The molecule has 0 aliphatic carbocycles.